The zero-order valence-electron chi connectivity index (χ0n) is 10.4. The van der Waals surface area contributed by atoms with E-state index in [4.69, 9.17) is 16.9 Å². The van der Waals surface area contributed by atoms with Gasteiger partial charge in [-0.15, -0.1) is 0 Å². The van der Waals surface area contributed by atoms with Gasteiger partial charge in [-0.2, -0.15) is 5.26 Å². The van der Waals surface area contributed by atoms with Crippen molar-refractivity contribution >= 4 is 17.3 Å². The summed E-state index contributed by atoms with van der Waals surface area (Å²) in [6, 6.07) is 13.2. The first-order chi connectivity index (χ1) is 9.60. The van der Waals surface area contributed by atoms with Gasteiger partial charge >= 0.3 is 0 Å². The number of rotatable bonds is 4. The molecule has 0 saturated heterocycles. The van der Waals surface area contributed by atoms with Gasteiger partial charge < -0.3 is 5.32 Å². The molecule has 0 aliphatic heterocycles. The van der Waals surface area contributed by atoms with Crippen LogP contribution in [0.2, 0.25) is 5.02 Å². The average Bonchev–Trinajstić information content (AvgIpc) is 2.46. The normalized spacial score (nSPS) is 10.3. The highest BCUT2D eigenvalue weighted by Crippen LogP contribution is 2.21. The first kappa shape index (κ1) is 14.3. The van der Waals surface area contributed by atoms with Gasteiger partial charge in [0.05, 0.1) is 10.6 Å². The summed E-state index contributed by atoms with van der Waals surface area (Å²) in [5, 5.41) is 12.4. The van der Waals surface area contributed by atoms with Crippen LogP contribution in [0.4, 0.5) is 14.5 Å². The fraction of sp³-hybridized carbons (Fsp3) is 0.133. The molecule has 0 unspecified atom stereocenters. The van der Waals surface area contributed by atoms with E-state index in [2.05, 4.69) is 5.32 Å². The number of benzene rings is 2. The van der Waals surface area contributed by atoms with Crippen molar-refractivity contribution in [1.29, 1.82) is 5.26 Å². The van der Waals surface area contributed by atoms with E-state index in [1.54, 1.807) is 30.3 Å². The van der Waals surface area contributed by atoms with E-state index >= 15 is 0 Å². The molecular formula is C15H11ClF2N2. The van der Waals surface area contributed by atoms with E-state index in [-0.39, 0.29) is 5.56 Å². The molecule has 0 radical (unpaired) electrons. The second kappa shape index (κ2) is 6.36. The van der Waals surface area contributed by atoms with E-state index in [1.807, 2.05) is 6.07 Å². The minimum Gasteiger partial charge on any atom is -0.381 e. The van der Waals surface area contributed by atoms with Crippen molar-refractivity contribution in [1.82, 2.24) is 0 Å². The molecule has 0 spiro atoms. The predicted molar refractivity (Wildman–Crippen MR) is 74.9 cm³/mol. The number of hydrogen-bond acceptors (Lipinski definition) is 2. The summed E-state index contributed by atoms with van der Waals surface area (Å²) >= 11 is 5.84. The van der Waals surface area contributed by atoms with Crippen LogP contribution < -0.4 is 5.32 Å². The highest BCUT2D eigenvalue weighted by Gasteiger charge is 2.06. The van der Waals surface area contributed by atoms with E-state index < -0.39 is 6.43 Å². The number of halogens is 3. The number of nitrogens with zero attached hydrogens (tertiary/aromatic N) is 1. The topological polar surface area (TPSA) is 35.8 Å². The second-order valence-electron chi connectivity index (χ2n) is 4.20. The summed E-state index contributed by atoms with van der Waals surface area (Å²) in [6.45, 7) is 0.482. The van der Waals surface area contributed by atoms with Crippen molar-refractivity contribution in [3.05, 3.63) is 64.2 Å². The van der Waals surface area contributed by atoms with Crippen LogP contribution in [0, 0.1) is 11.3 Å². The largest absolute Gasteiger partial charge is 0.381 e. The molecule has 20 heavy (non-hydrogen) atoms. The smallest absolute Gasteiger partial charge is 0.263 e. The molecule has 2 rings (SSSR count). The van der Waals surface area contributed by atoms with Crippen LogP contribution in [0.1, 0.15) is 23.1 Å². The molecule has 2 aromatic carbocycles. The summed E-state index contributed by atoms with van der Waals surface area (Å²) in [5.41, 5.74) is 2.03. The zero-order valence-corrected chi connectivity index (χ0v) is 11.2. The molecule has 0 amide bonds. The molecular weight excluding hydrogens is 282 g/mol. The maximum atomic E-state index is 12.4. The van der Waals surface area contributed by atoms with Gasteiger partial charge in [0.2, 0.25) is 0 Å². The Morgan fingerprint density at radius 3 is 2.45 bits per heavy atom. The molecule has 0 bridgehead atoms. The van der Waals surface area contributed by atoms with Crippen molar-refractivity contribution in [3.63, 3.8) is 0 Å². The third-order valence-corrected chi connectivity index (χ3v) is 3.14. The average molecular weight is 293 g/mol. The Labute approximate surface area is 120 Å². The van der Waals surface area contributed by atoms with E-state index in [9.17, 15) is 8.78 Å². The minimum absolute atomic E-state index is 0.00649. The first-order valence-electron chi connectivity index (χ1n) is 5.90. The van der Waals surface area contributed by atoms with Gasteiger partial charge in [-0.1, -0.05) is 35.9 Å². The van der Waals surface area contributed by atoms with Gasteiger partial charge in [-0.3, -0.25) is 0 Å². The van der Waals surface area contributed by atoms with Crippen LogP contribution in [-0.2, 0) is 6.54 Å². The molecule has 0 aromatic heterocycles. The number of alkyl halides is 2. The van der Waals surface area contributed by atoms with Crippen LogP contribution >= 0.6 is 11.6 Å². The van der Waals surface area contributed by atoms with Crippen LogP contribution in [-0.4, -0.2) is 0 Å². The Morgan fingerprint density at radius 2 is 1.85 bits per heavy atom. The van der Waals surface area contributed by atoms with Crippen LogP contribution in [0.5, 0.6) is 0 Å². The molecule has 0 aliphatic carbocycles. The molecule has 0 aliphatic rings. The summed E-state index contributed by atoms with van der Waals surface area (Å²) in [4.78, 5) is 0. The molecule has 5 heteroatoms. The summed E-state index contributed by atoms with van der Waals surface area (Å²) in [5.74, 6) is 0. The van der Waals surface area contributed by atoms with E-state index in [0.717, 1.165) is 11.3 Å². The Hall–Kier alpha value is -2.12. The van der Waals surface area contributed by atoms with Crippen LogP contribution in [0.15, 0.2) is 42.5 Å². The summed E-state index contributed by atoms with van der Waals surface area (Å²) in [6.07, 6.45) is -2.45. The van der Waals surface area contributed by atoms with E-state index in [1.165, 1.54) is 12.1 Å². The van der Waals surface area contributed by atoms with Gasteiger partial charge in [0, 0.05) is 17.8 Å². The Kier molecular flexibility index (Phi) is 4.54. The van der Waals surface area contributed by atoms with Gasteiger partial charge in [-0.05, 0) is 23.8 Å². The van der Waals surface area contributed by atoms with Gasteiger partial charge in [0.1, 0.15) is 6.07 Å². The lowest BCUT2D eigenvalue weighted by molar-refractivity contribution is 0.151. The maximum absolute atomic E-state index is 12.4. The number of nitriles is 1. The minimum atomic E-state index is -2.45. The third-order valence-electron chi connectivity index (χ3n) is 2.82. The molecule has 2 aromatic rings. The lowest BCUT2D eigenvalue weighted by atomic mass is 10.1. The number of anilines is 1. The van der Waals surface area contributed by atoms with Crippen molar-refractivity contribution in [2.24, 2.45) is 0 Å². The second-order valence-corrected chi connectivity index (χ2v) is 4.61. The SMILES string of the molecule is N#Cc1cc(NCc2ccc(C(F)F)cc2)ccc1Cl. The fourth-order valence-electron chi connectivity index (χ4n) is 1.71. The summed E-state index contributed by atoms with van der Waals surface area (Å²) in [7, 11) is 0. The van der Waals surface area contributed by atoms with Crippen molar-refractivity contribution in [2.75, 3.05) is 5.32 Å². The fourth-order valence-corrected chi connectivity index (χ4v) is 1.87. The summed E-state index contributed by atoms with van der Waals surface area (Å²) < 4.78 is 24.8. The molecule has 2 nitrogen and oxygen atoms in total. The zero-order chi connectivity index (χ0) is 14.5. The Balaban J connectivity index is 2.03. The predicted octanol–water partition coefficient (Wildman–Crippen LogP) is 4.76. The van der Waals surface area contributed by atoms with Crippen LogP contribution in [0.25, 0.3) is 0 Å². The standard InChI is InChI=1S/C15H11ClF2N2/c16-14-6-5-13(7-12(14)8-19)20-9-10-1-3-11(4-2-10)15(17)18/h1-7,15,20H,9H2. The Morgan fingerprint density at radius 1 is 1.15 bits per heavy atom. The molecule has 102 valence electrons. The highest BCUT2D eigenvalue weighted by molar-refractivity contribution is 6.31. The molecule has 1 N–H and O–H groups in total. The third kappa shape index (κ3) is 3.46. The van der Waals surface area contributed by atoms with E-state index in [0.29, 0.717) is 17.1 Å². The van der Waals surface area contributed by atoms with Gasteiger partial charge in [0.15, 0.2) is 0 Å². The van der Waals surface area contributed by atoms with Crippen LogP contribution in [0.3, 0.4) is 0 Å². The highest BCUT2D eigenvalue weighted by atomic mass is 35.5. The molecule has 0 fully saturated rings. The Bertz CT molecular complexity index is 633. The maximum Gasteiger partial charge on any atom is 0.263 e. The van der Waals surface area contributed by atoms with Crippen molar-refractivity contribution < 1.29 is 8.78 Å². The molecule has 0 saturated carbocycles. The van der Waals surface area contributed by atoms with Crippen molar-refractivity contribution in [3.8, 4) is 6.07 Å². The van der Waals surface area contributed by atoms with Crippen molar-refractivity contribution in [2.45, 2.75) is 13.0 Å². The lowest BCUT2D eigenvalue weighted by Crippen LogP contribution is -2.00. The van der Waals surface area contributed by atoms with Gasteiger partial charge in [-0.25, -0.2) is 8.78 Å². The monoisotopic (exact) mass is 292 g/mol. The molecule has 0 heterocycles. The quantitative estimate of drug-likeness (QED) is 0.882. The number of nitrogens with one attached hydrogen (secondary N) is 1. The van der Waals surface area contributed by atoms with Gasteiger partial charge in [0.25, 0.3) is 6.43 Å². The molecule has 0 atom stereocenters. The lowest BCUT2D eigenvalue weighted by Gasteiger charge is -2.08. The first-order valence-corrected chi connectivity index (χ1v) is 6.28. The number of hydrogen-bond donors (Lipinski definition) is 1.